The molecule has 1 aliphatic carbocycles. The summed E-state index contributed by atoms with van der Waals surface area (Å²) >= 11 is 6.37. The highest BCUT2D eigenvalue weighted by Crippen LogP contribution is 2.36. The van der Waals surface area contributed by atoms with Crippen LogP contribution in [0.4, 0.5) is 0 Å². The van der Waals surface area contributed by atoms with Gasteiger partial charge in [-0.05, 0) is 24.8 Å². The summed E-state index contributed by atoms with van der Waals surface area (Å²) < 4.78 is 2.04. The summed E-state index contributed by atoms with van der Waals surface area (Å²) in [7, 11) is 0. The maximum Gasteiger partial charge on any atom is 0.0525 e. The molecule has 0 radical (unpaired) electrons. The Hall–Kier alpha value is -0.500. The number of rotatable bonds is 3. The molecule has 1 heterocycles. The van der Waals surface area contributed by atoms with Crippen molar-refractivity contribution in [3.8, 4) is 0 Å². The number of nitrogens with zero attached hydrogens (tertiary/aromatic N) is 2. The van der Waals surface area contributed by atoms with Crippen LogP contribution in [-0.2, 0) is 6.54 Å². The van der Waals surface area contributed by atoms with Crippen molar-refractivity contribution in [1.82, 2.24) is 9.78 Å². The number of aryl methyl sites for hydroxylation is 1. The summed E-state index contributed by atoms with van der Waals surface area (Å²) in [6.07, 6.45) is 10.3. The van der Waals surface area contributed by atoms with Gasteiger partial charge in [-0.1, -0.05) is 19.8 Å². The second-order valence-electron chi connectivity index (χ2n) is 4.44. The van der Waals surface area contributed by atoms with E-state index in [2.05, 4.69) is 18.2 Å². The summed E-state index contributed by atoms with van der Waals surface area (Å²) in [5.41, 5.74) is 1.34. The Morgan fingerprint density at radius 1 is 1.47 bits per heavy atom. The minimum Gasteiger partial charge on any atom is -0.272 e. The van der Waals surface area contributed by atoms with Crippen molar-refractivity contribution >= 4 is 11.6 Å². The van der Waals surface area contributed by atoms with Crippen molar-refractivity contribution in [3.63, 3.8) is 0 Å². The molecule has 2 unspecified atom stereocenters. The fourth-order valence-electron chi connectivity index (χ4n) is 2.38. The Bertz CT molecular complexity index is 308. The molecule has 0 bridgehead atoms. The van der Waals surface area contributed by atoms with Gasteiger partial charge >= 0.3 is 0 Å². The van der Waals surface area contributed by atoms with Gasteiger partial charge in [-0.2, -0.15) is 5.10 Å². The summed E-state index contributed by atoms with van der Waals surface area (Å²) in [5.74, 6) is 0.533. The van der Waals surface area contributed by atoms with Crippen LogP contribution < -0.4 is 0 Å². The van der Waals surface area contributed by atoms with Crippen LogP contribution in [0, 0.1) is 0 Å². The number of hydrogen-bond donors (Lipinski definition) is 0. The molecule has 0 aromatic carbocycles. The molecule has 0 spiro atoms. The zero-order chi connectivity index (χ0) is 10.7. The molecule has 0 N–H and O–H groups in total. The molecule has 0 aliphatic heterocycles. The number of hydrogen-bond acceptors (Lipinski definition) is 1. The Kier molecular flexibility index (Phi) is 3.68. The molecule has 1 aromatic rings. The predicted octanol–water partition coefficient (Wildman–Crippen LogP) is 3.56. The van der Waals surface area contributed by atoms with Crippen LogP contribution in [0.5, 0.6) is 0 Å². The van der Waals surface area contributed by atoms with Crippen molar-refractivity contribution in [2.75, 3.05) is 0 Å². The second-order valence-corrected chi connectivity index (χ2v) is 5.00. The average Bonchev–Trinajstić information content (AvgIpc) is 2.68. The highest BCUT2D eigenvalue weighted by atomic mass is 35.5. The predicted molar refractivity (Wildman–Crippen MR) is 63.4 cm³/mol. The third-order valence-corrected chi connectivity index (χ3v) is 3.74. The van der Waals surface area contributed by atoms with E-state index in [-0.39, 0.29) is 0 Å². The zero-order valence-electron chi connectivity index (χ0n) is 9.32. The van der Waals surface area contributed by atoms with E-state index < -0.39 is 0 Å². The molecular formula is C12H19ClN2. The highest BCUT2D eigenvalue weighted by molar-refractivity contribution is 6.21. The first-order valence-corrected chi connectivity index (χ1v) is 6.41. The third-order valence-electron chi connectivity index (χ3n) is 3.22. The molecule has 2 atom stereocenters. The van der Waals surface area contributed by atoms with Gasteiger partial charge in [-0.25, -0.2) is 0 Å². The normalized spacial score (nSPS) is 26.8. The lowest BCUT2D eigenvalue weighted by molar-refractivity contribution is 0.450. The fourth-order valence-corrected chi connectivity index (χ4v) is 2.81. The van der Waals surface area contributed by atoms with Crippen LogP contribution >= 0.6 is 11.6 Å². The molecule has 1 aromatic heterocycles. The average molecular weight is 227 g/mol. The molecule has 15 heavy (non-hydrogen) atoms. The zero-order valence-corrected chi connectivity index (χ0v) is 10.1. The summed E-state index contributed by atoms with van der Waals surface area (Å²) in [6.45, 7) is 3.19. The van der Waals surface area contributed by atoms with Gasteiger partial charge in [-0.15, -0.1) is 11.6 Å². The lowest BCUT2D eigenvalue weighted by atomic mass is 9.85. The molecule has 0 saturated heterocycles. The van der Waals surface area contributed by atoms with Crippen molar-refractivity contribution < 1.29 is 0 Å². The molecule has 2 nitrogen and oxygen atoms in total. The van der Waals surface area contributed by atoms with Crippen molar-refractivity contribution in [2.45, 2.75) is 56.9 Å². The number of alkyl halides is 1. The van der Waals surface area contributed by atoms with Crippen LogP contribution in [0.15, 0.2) is 12.4 Å². The van der Waals surface area contributed by atoms with Gasteiger partial charge in [0.1, 0.15) is 0 Å². The van der Waals surface area contributed by atoms with E-state index in [0.717, 1.165) is 19.4 Å². The van der Waals surface area contributed by atoms with Gasteiger partial charge in [0.2, 0.25) is 0 Å². The van der Waals surface area contributed by atoms with Crippen LogP contribution in [0.2, 0.25) is 0 Å². The molecule has 0 amide bonds. The molecule has 2 rings (SSSR count). The first-order chi connectivity index (χ1) is 7.31. The van der Waals surface area contributed by atoms with Gasteiger partial charge in [-0.3, -0.25) is 4.68 Å². The van der Waals surface area contributed by atoms with E-state index in [4.69, 9.17) is 11.6 Å². The van der Waals surface area contributed by atoms with E-state index in [1.165, 1.54) is 24.8 Å². The highest BCUT2D eigenvalue weighted by Gasteiger charge is 2.25. The summed E-state index contributed by atoms with van der Waals surface area (Å²) in [6, 6.07) is 0. The minimum absolute atomic E-state index is 0.318. The number of aromatic nitrogens is 2. The van der Waals surface area contributed by atoms with Crippen molar-refractivity contribution in [2.24, 2.45) is 0 Å². The lowest BCUT2D eigenvalue weighted by Gasteiger charge is -2.25. The van der Waals surface area contributed by atoms with Crippen LogP contribution in [0.25, 0.3) is 0 Å². The minimum atomic E-state index is 0.318. The molecule has 3 heteroatoms. The van der Waals surface area contributed by atoms with Crippen LogP contribution in [0.1, 0.15) is 50.5 Å². The van der Waals surface area contributed by atoms with Gasteiger partial charge in [0.25, 0.3) is 0 Å². The smallest absolute Gasteiger partial charge is 0.0525 e. The SMILES string of the molecule is CCCn1cc(C2CCCCC2Cl)cn1. The largest absolute Gasteiger partial charge is 0.272 e. The summed E-state index contributed by atoms with van der Waals surface area (Å²) in [4.78, 5) is 0. The molecule has 1 fully saturated rings. The Labute approximate surface area is 96.6 Å². The molecule has 1 saturated carbocycles. The maximum absolute atomic E-state index is 6.37. The van der Waals surface area contributed by atoms with Gasteiger partial charge in [0.05, 0.1) is 6.20 Å². The van der Waals surface area contributed by atoms with E-state index in [1.54, 1.807) is 0 Å². The monoisotopic (exact) mass is 226 g/mol. The quantitative estimate of drug-likeness (QED) is 0.721. The van der Waals surface area contributed by atoms with E-state index in [0.29, 0.717) is 11.3 Å². The summed E-state index contributed by atoms with van der Waals surface area (Å²) in [5, 5.41) is 4.69. The van der Waals surface area contributed by atoms with E-state index >= 15 is 0 Å². The van der Waals surface area contributed by atoms with E-state index in [1.807, 2.05) is 10.9 Å². The van der Waals surface area contributed by atoms with Gasteiger partial charge in [0.15, 0.2) is 0 Å². The Morgan fingerprint density at radius 2 is 2.27 bits per heavy atom. The Balaban J connectivity index is 2.06. The topological polar surface area (TPSA) is 17.8 Å². The number of halogens is 1. The molecule has 1 aliphatic rings. The van der Waals surface area contributed by atoms with Gasteiger partial charge in [0, 0.05) is 24.0 Å². The van der Waals surface area contributed by atoms with Crippen molar-refractivity contribution in [1.29, 1.82) is 0 Å². The van der Waals surface area contributed by atoms with Crippen LogP contribution in [-0.4, -0.2) is 15.2 Å². The maximum atomic E-state index is 6.37. The third kappa shape index (κ3) is 2.54. The van der Waals surface area contributed by atoms with Gasteiger partial charge < -0.3 is 0 Å². The fraction of sp³-hybridized carbons (Fsp3) is 0.750. The second kappa shape index (κ2) is 5.02. The molecular weight excluding hydrogens is 208 g/mol. The first-order valence-electron chi connectivity index (χ1n) is 5.97. The van der Waals surface area contributed by atoms with Crippen molar-refractivity contribution in [3.05, 3.63) is 18.0 Å². The standard InChI is InChI=1S/C12H19ClN2/c1-2-7-15-9-10(8-14-15)11-5-3-4-6-12(11)13/h8-9,11-12H,2-7H2,1H3. The molecule has 84 valence electrons. The lowest BCUT2D eigenvalue weighted by Crippen LogP contribution is -2.17. The van der Waals surface area contributed by atoms with E-state index in [9.17, 15) is 0 Å². The Morgan fingerprint density at radius 3 is 3.00 bits per heavy atom. The first kappa shape index (κ1) is 11.0. The van der Waals surface area contributed by atoms with Crippen LogP contribution in [0.3, 0.4) is 0 Å².